The van der Waals surface area contributed by atoms with Crippen molar-refractivity contribution in [3.8, 4) is 11.5 Å². The summed E-state index contributed by atoms with van der Waals surface area (Å²) in [5, 5.41) is 33.2. The van der Waals surface area contributed by atoms with Gasteiger partial charge in [-0.3, -0.25) is 9.59 Å². The molecule has 0 aliphatic heterocycles. The smallest absolute Gasteiger partial charge is 0.416 e. The summed E-state index contributed by atoms with van der Waals surface area (Å²) in [7, 11) is 1.41. The minimum atomic E-state index is -4.59. The zero-order valence-corrected chi connectivity index (χ0v) is 26.3. The van der Waals surface area contributed by atoms with Crippen LogP contribution in [0.1, 0.15) is 33.5 Å². The topological polar surface area (TPSA) is 129 Å². The Bertz CT molecular complexity index is 1520. The summed E-state index contributed by atoms with van der Waals surface area (Å²) in [6.07, 6.45) is -5.86. The van der Waals surface area contributed by atoms with Crippen LogP contribution in [0.3, 0.4) is 0 Å². The molecule has 3 unspecified atom stereocenters. The number of aliphatic hydroxyl groups excluding tert-OH is 3. The molecule has 1 aliphatic carbocycles. The second kappa shape index (κ2) is 15.1. The highest BCUT2D eigenvalue weighted by Gasteiger charge is 2.41. The molecule has 1 aliphatic rings. The molecule has 0 heterocycles. The highest BCUT2D eigenvalue weighted by atomic mass is 127. The number of carbonyl (C=O) groups is 2. The minimum absolute atomic E-state index is 0.0350. The molecule has 240 valence electrons. The Morgan fingerprint density at radius 1 is 1.04 bits per heavy atom. The van der Waals surface area contributed by atoms with E-state index in [-0.39, 0.29) is 55.4 Å². The summed E-state index contributed by atoms with van der Waals surface area (Å²) in [6, 6.07) is 14.8. The van der Waals surface area contributed by atoms with Crippen molar-refractivity contribution < 1.29 is 47.6 Å². The van der Waals surface area contributed by atoms with Crippen molar-refractivity contribution in [1.29, 1.82) is 0 Å². The van der Waals surface area contributed by atoms with Gasteiger partial charge in [0.05, 0.1) is 35.5 Å². The number of aliphatic hydroxyl groups is 3. The van der Waals surface area contributed by atoms with Crippen molar-refractivity contribution in [3.05, 3.63) is 104 Å². The first kappa shape index (κ1) is 34.2. The van der Waals surface area contributed by atoms with E-state index in [0.717, 1.165) is 24.3 Å². The van der Waals surface area contributed by atoms with E-state index in [4.69, 9.17) is 9.47 Å². The maximum Gasteiger partial charge on any atom is 0.416 e. The summed E-state index contributed by atoms with van der Waals surface area (Å²) in [5.41, 5.74) is 0.449. The van der Waals surface area contributed by atoms with Gasteiger partial charge in [-0.05, 0) is 76.2 Å². The number of ether oxygens (including phenoxy) is 2. The standard InChI is InChI=1S/C32H32F3IN2O7/c1-44-27-14-20(18-40)13-24(36)29(27)45-26-16-22(30(42)37-11-12-39)15-25(28(26)41)38(17-19-5-3-2-4-6-19)31(43)21-7-9-23(10-8-21)32(33,34)35/h2-10,13-14,16,25-26,28,39-41H,11-12,15,17-18H2,1H3,(H,37,42). The lowest BCUT2D eigenvalue weighted by atomic mass is 9.87. The summed E-state index contributed by atoms with van der Waals surface area (Å²) in [4.78, 5) is 28.5. The quantitative estimate of drug-likeness (QED) is 0.219. The molecular weight excluding hydrogens is 708 g/mol. The van der Waals surface area contributed by atoms with Crippen LogP contribution in [0, 0.1) is 3.57 Å². The molecule has 13 heteroatoms. The number of amides is 2. The molecular formula is C32H32F3IN2O7. The first-order valence-corrected chi connectivity index (χ1v) is 15.0. The molecule has 4 N–H and O–H groups in total. The Hall–Kier alpha value is -3.66. The van der Waals surface area contributed by atoms with Crippen molar-refractivity contribution in [2.45, 2.75) is 44.0 Å². The maximum atomic E-state index is 14.0. The Morgan fingerprint density at radius 3 is 2.33 bits per heavy atom. The minimum Gasteiger partial charge on any atom is -0.493 e. The van der Waals surface area contributed by atoms with Gasteiger partial charge in [0, 0.05) is 30.6 Å². The van der Waals surface area contributed by atoms with E-state index in [2.05, 4.69) is 5.32 Å². The number of carbonyl (C=O) groups excluding carboxylic acids is 2. The van der Waals surface area contributed by atoms with Crippen molar-refractivity contribution in [2.75, 3.05) is 20.3 Å². The fourth-order valence-electron chi connectivity index (χ4n) is 4.98. The maximum absolute atomic E-state index is 14.0. The first-order valence-electron chi connectivity index (χ1n) is 13.9. The van der Waals surface area contributed by atoms with E-state index in [1.807, 2.05) is 22.6 Å². The van der Waals surface area contributed by atoms with Crippen LogP contribution in [0.4, 0.5) is 13.2 Å². The number of halogens is 4. The van der Waals surface area contributed by atoms with Crippen molar-refractivity contribution in [1.82, 2.24) is 10.2 Å². The molecule has 3 aromatic rings. The fourth-order valence-corrected chi connectivity index (χ4v) is 5.77. The van der Waals surface area contributed by atoms with Crippen LogP contribution in [-0.4, -0.2) is 70.5 Å². The molecule has 0 aromatic heterocycles. The number of nitrogens with one attached hydrogen (secondary N) is 1. The third-order valence-electron chi connectivity index (χ3n) is 7.26. The molecule has 0 radical (unpaired) electrons. The molecule has 0 saturated heterocycles. The van der Waals surface area contributed by atoms with Crippen LogP contribution in [0.15, 0.2) is 78.4 Å². The van der Waals surface area contributed by atoms with E-state index >= 15 is 0 Å². The van der Waals surface area contributed by atoms with Crippen molar-refractivity contribution in [3.63, 3.8) is 0 Å². The van der Waals surface area contributed by atoms with Gasteiger partial charge in [0.15, 0.2) is 11.5 Å². The average Bonchev–Trinajstić information content (AvgIpc) is 3.04. The largest absolute Gasteiger partial charge is 0.493 e. The van der Waals surface area contributed by atoms with E-state index in [9.17, 15) is 38.1 Å². The number of hydrogen-bond acceptors (Lipinski definition) is 7. The van der Waals surface area contributed by atoms with Gasteiger partial charge in [-0.1, -0.05) is 30.3 Å². The van der Waals surface area contributed by atoms with Crippen LogP contribution >= 0.6 is 22.6 Å². The molecule has 2 amide bonds. The highest BCUT2D eigenvalue weighted by Crippen LogP contribution is 2.38. The average molecular weight is 741 g/mol. The van der Waals surface area contributed by atoms with Crippen molar-refractivity contribution in [2.24, 2.45) is 0 Å². The summed E-state index contributed by atoms with van der Waals surface area (Å²) >= 11 is 1.99. The second-order valence-corrected chi connectivity index (χ2v) is 11.4. The lowest BCUT2D eigenvalue weighted by Gasteiger charge is -2.40. The van der Waals surface area contributed by atoms with Gasteiger partial charge in [-0.15, -0.1) is 0 Å². The first-order chi connectivity index (χ1) is 21.5. The number of nitrogens with zero attached hydrogens (tertiary/aromatic N) is 1. The predicted molar refractivity (Wildman–Crippen MR) is 166 cm³/mol. The van der Waals surface area contributed by atoms with Gasteiger partial charge in [0.1, 0.15) is 12.2 Å². The van der Waals surface area contributed by atoms with Gasteiger partial charge in [-0.2, -0.15) is 13.2 Å². The molecule has 4 rings (SSSR count). The van der Waals surface area contributed by atoms with E-state index in [0.29, 0.717) is 14.7 Å². The van der Waals surface area contributed by atoms with Crippen LogP contribution in [0.25, 0.3) is 0 Å². The highest BCUT2D eigenvalue weighted by molar-refractivity contribution is 14.1. The second-order valence-electron chi connectivity index (χ2n) is 10.3. The Labute approximate surface area is 271 Å². The van der Waals surface area contributed by atoms with Crippen molar-refractivity contribution >= 4 is 34.4 Å². The number of hydrogen-bond donors (Lipinski definition) is 4. The summed E-state index contributed by atoms with van der Waals surface area (Å²) in [6.45, 7) is -0.644. The number of methoxy groups -OCH3 is 1. The summed E-state index contributed by atoms with van der Waals surface area (Å²) < 4.78 is 52.0. The molecule has 3 atom stereocenters. The van der Waals surface area contributed by atoms with Gasteiger partial charge >= 0.3 is 6.18 Å². The zero-order chi connectivity index (χ0) is 32.7. The third-order valence-corrected chi connectivity index (χ3v) is 8.06. The van der Waals surface area contributed by atoms with Crippen LogP contribution in [0.2, 0.25) is 0 Å². The molecule has 45 heavy (non-hydrogen) atoms. The summed E-state index contributed by atoms with van der Waals surface area (Å²) in [5.74, 6) is -0.711. The SMILES string of the molecule is COc1cc(CO)cc(I)c1OC1C=C(C(=O)NCCO)CC(N(Cc2ccccc2)C(=O)c2ccc(C(F)(F)F)cc2)C1O. The molecule has 0 fully saturated rings. The molecule has 9 nitrogen and oxygen atoms in total. The lowest BCUT2D eigenvalue weighted by molar-refractivity contribution is -0.137. The van der Waals surface area contributed by atoms with Gasteiger partial charge < -0.3 is 35.0 Å². The predicted octanol–water partition coefficient (Wildman–Crippen LogP) is 4.07. The van der Waals surface area contributed by atoms with E-state index in [1.54, 1.807) is 42.5 Å². The molecule has 0 saturated carbocycles. The van der Waals surface area contributed by atoms with Gasteiger partial charge in [-0.25, -0.2) is 0 Å². The molecule has 0 spiro atoms. The number of benzene rings is 3. The Kier molecular flexibility index (Phi) is 11.5. The van der Waals surface area contributed by atoms with E-state index in [1.165, 1.54) is 18.1 Å². The Balaban J connectivity index is 1.77. The normalized spacial score (nSPS) is 18.1. The molecule has 3 aromatic carbocycles. The molecule has 0 bridgehead atoms. The number of rotatable bonds is 11. The van der Waals surface area contributed by atoms with Crippen LogP contribution in [0.5, 0.6) is 11.5 Å². The third kappa shape index (κ3) is 8.34. The van der Waals surface area contributed by atoms with Gasteiger partial charge in [0.2, 0.25) is 5.91 Å². The van der Waals surface area contributed by atoms with Gasteiger partial charge in [0.25, 0.3) is 5.91 Å². The lowest BCUT2D eigenvalue weighted by Crippen LogP contribution is -2.54. The fraction of sp³-hybridized carbons (Fsp3) is 0.312. The van der Waals surface area contributed by atoms with Crippen LogP contribution < -0.4 is 14.8 Å². The Morgan fingerprint density at radius 2 is 1.73 bits per heavy atom. The zero-order valence-electron chi connectivity index (χ0n) is 24.1. The monoisotopic (exact) mass is 740 g/mol. The van der Waals surface area contributed by atoms with Crippen LogP contribution in [-0.2, 0) is 24.1 Å². The number of alkyl halides is 3. The van der Waals surface area contributed by atoms with E-state index < -0.39 is 41.8 Å².